The second-order valence-electron chi connectivity index (χ2n) is 8.43. The van der Waals surface area contributed by atoms with Crippen LogP contribution in [0.5, 0.6) is 5.88 Å². The molecule has 5 nitrogen and oxygen atoms in total. The Hall–Kier alpha value is -1.88. The number of fused-ring (bicyclic) bond motifs is 1. The largest absolute Gasteiger partial charge is 0.472 e. The summed E-state index contributed by atoms with van der Waals surface area (Å²) in [6.45, 7) is 5.92. The van der Waals surface area contributed by atoms with Crippen LogP contribution in [-0.2, 0) is 0 Å². The first kappa shape index (κ1) is 16.3. The molecule has 2 saturated carbocycles. The molecule has 3 aliphatic rings. The molecular formula is C21H28N4O. The van der Waals surface area contributed by atoms with E-state index in [9.17, 15) is 0 Å². The second kappa shape index (κ2) is 6.69. The number of hydrogen-bond acceptors (Lipinski definition) is 4. The molecule has 138 valence electrons. The molecule has 3 fully saturated rings. The van der Waals surface area contributed by atoms with Crippen LogP contribution in [0.15, 0.2) is 36.8 Å². The number of pyridine rings is 1. The molecule has 1 aliphatic heterocycles. The first-order valence-electron chi connectivity index (χ1n) is 10.1. The molecular weight excluding hydrogens is 324 g/mol. The summed E-state index contributed by atoms with van der Waals surface area (Å²) in [6, 6.07) is 6.26. The summed E-state index contributed by atoms with van der Waals surface area (Å²) in [6.07, 6.45) is 11.2. The zero-order valence-electron chi connectivity index (χ0n) is 15.5. The molecule has 0 unspecified atom stereocenters. The third-order valence-corrected chi connectivity index (χ3v) is 6.50. The van der Waals surface area contributed by atoms with Crippen LogP contribution in [0.25, 0.3) is 0 Å². The zero-order valence-corrected chi connectivity index (χ0v) is 15.5. The Morgan fingerprint density at radius 3 is 2.62 bits per heavy atom. The summed E-state index contributed by atoms with van der Waals surface area (Å²) in [7, 11) is 0. The maximum absolute atomic E-state index is 6.41. The smallest absolute Gasteiger partial charge is 0.213 e. The number of aromatic nitrogens is 3. The van der Waals surface area contributed by atoms with E-state index in [1.807, 2.05) is 30.6 Å². The van der Waals surface area contributed by atoms with Gasteiger partial charge in [-0.2, -0.15) is 0 Å². The van der Waals surface area contributed by atoms with Crippen LogP contribution in [0, 0.1) is 24.7 Å². The van der Waals surface area contributed by atoms with E-state index in [0.29, 0.717) is 6.04 Å². The predicted molar refractivity (Wildman–Crippen MR) is 100 cm³/mol. The van der Waals surface area contributed by atoms with Gasteiger partial charge in [-0.25, -0.2) is 9.97 Å². The van der Waals surface area contributed by atoms with Gasteiger partial charge in [0, 0.05) is 44.3 Å². The number of likely N-dealkylation sites (tertiary alicyclic amines) is 1. The van der Waals surface area contributed by atoms with Gasteiger partial charge in [0.1, 0.15) is 11.9 Å². The quantitative estimate of drug-likeness (QED) is 0.828. The molecule has 0 N–H and O–H groups in total. The van der Waals surface area contributed by atoms with Crippen molar-refractivity contribution in [3.8, 4) is 5.88 Å². The van der Waals surface area contributed by atoms with Gasteiger partial charge < -0.3 is 14.2 Å². The highest BCUT2D eigenvalue weighted by Gasteiger charge is 2.44. The normalized spacial score (nSPS) is 31.7. The van der Waals surface area contributed by atoms with E-state index < -0.39 is 0 Å². The summed E-state index contributed by atoms with van der Waals surface area (Å²) >= 11 is 0. The van der Waals surface area contributed by atoms with Crippen molar-refractivity contribution in [2.75, 3.05) is 19.6 Å². The SMILES string of the molecule is Cc1nccn1[C@H]1C[C@H]2CN(CC3CC3)C[C@H]2C[C@@H]1Oc1ccccn1. The van der Waals surface area contributed by atoms with Crippen molar-refractivity contribution in [2.45, 2.75) is 44.8 Å². The lowest BCUT2D eigenvalue weighted by atomic mass is 9.77. The molecule has 1 saturated heterocycles. The first-order valence-corrected chi connectivity index (χ1v) is 10.1. The molecule has 26 heavy (non-hydrogen) atoms. The first-order chi connectivity index (χ1) is 12.8. The zero-order chi connectivity index (χ0) is 17.5. The molecule has 4 atom stereocenters. The summed E-state index contributed by atoms with van der Waals surface area (Å²) < 4.78 is 8.73. The third kappa shape index (κ3) is 3.25. The Morgan fingerprint density at radius 2 is 1.92 bits per heavy atom. The molecule has 0 spiro atoms. The van der Waals surface area contributed by atoms with Gasteiger partial charge in [0.05, 0.1) is 6.04 Å². The monoisotopic (exact) mass is 352 g/mol. The van der Waals surface area contributed by atoms with Crippen molar-refractivity contribution in [1.82, 2.24) is 19.4 Å². The van der Waals surface area contributed by atoms with E-state index in [1.165, 1.54) is 38.9 Å². The average Bonchev–Trinajstić information content (AvgIpc) is 3.21. The van der Waals surface area contributed by atoms with Gasteiger partial charge in [-0.15, -0.1) is 0 Å². The number of aryl methyl sites for hydroxylation is 1. The van der Waals surface area contributed by atoms with Gasteiger partial charge in [-0.1, -0.05) is 6.07 Å². The Kier molecular flexibility index (Phi) is 4.20. The minimum absolute atomic E-state index is 0.167. The number of hydrogen-bond donors (Lipinski definition) is 0. The summed E-state index contributed by atoms with van der Waals surface area (Å²) in [5.41, 5.74) is 0. The lowest BCUT2D eigenvalue weighted by Crippen LogP contribution is -2.40. The number of imidazole rings is 1. The maximum atomic E-state index is 6.41. The Labute approximate surface area is 155 Å². The molecule has 2 aliphatic carbocycles. The topological polar surface area (TPSA) is 43.2 Å². The van der Waals surface area contributed by atoms with Gasteiger partial charge >= 0.3 is 0 Å². The van der Waals surface area contributed by atoms with Gasteiger partial charge in [-0.3, -0.25) is 0 Å². The molecule has 0 radical (unpaired) electrons. The van der Waals surface area contributed by atoms with Gasteiger partial charge in [0.2, 0.25) is 5.88 Å². The van der Waals surface area contributed by atoms with Crippen molar-refractivity contribution >= 4 is 0 Å². The minimum atomic E-state index is 0.167. The fraction of sp³-hybridized carbons (Fsp3) is 0.619. The number of ether oxygens (including phenoxy) is 1. The Balaban J connectivity index is 1.37. The summed E-state index contributed by atoms with van der Waals surface area (Å²) in [5, 5.41) is 0. The van der Waals surface area contributed by atoms with E-state index >= 15 is 0 Å². The third-order valence-electron chi connectivity index (χ3n) is 6.50. The van der Waals surface area contributed by atoms with Crippen LogP contribution < -0.4 is 4.74 Å². The van der Waals surface area contributed by atoms with Crippen molar-refractivity contribution in [3.05, 3.63) is 42.6 Å². The van der Waals surface area contributed by atoms with Crippen molar-refractivity contribution in [1.29, 1.82) is 0 Å². The molecule has 0 bridgehead atoms. The van der Waals surface area contributed by atoms with Gasteiger partial charge in [-0.05, 0) is 56.4 Å². The van der Waals surface area contributed by atoms with E-state index in [1.54, 1.807) is 0 Å². The van der Waals surface area contributed by atoms with Crippen LogP contribution in [-0.4, -0.2) is 45.2 Å². The standard InChI is InChI=1S/C21H28N4O/c1-15-22-8-9-25(15)19-10-17-13-24(12-16-5-6-16)14-18(17)11-20(19)26-21-4-2-3-7-23-21/h2-4,7-9,16-20H,5-6,10-14H2,1H3/t17-,18+,19-,20-/m0/s1. The summed E-state index contributed by atoms with van der Waals surface area (Å²) in [4.78, 5) is 11.6. The van der Waals surface area contributed by atoms with Crippen molar-refractivity contribution in [3.63, 3.8) is 0 Å². The molecule has 5 rings (SSSR count). The Morgan fingerprint density at radius 1 is 1.08 bits per heavy atom. The van der Waals surface area contributed by atoms with E-state index in [-0.39, 0.29) is 6.10 Å². The van der Waals surface area contributed by atoms with Crippen molar-refractivity contribution < 1.29 is 4.74 Å². The average molecular weight is 352 g/mol. The molecule has 3 heterocycles. The van der Waals surface area contributed by atoms with Crippen LogP contribution in [0.4, 0.5) is 0 Å². The lowest BCUT2D eigenvalue weighted by Gasteiger charge is -2.38. The molecule has 0 aromatic carbocycles. The summed E-state index contributed by atoms with van der Waals surface area (Å²) in [5.74, 6) is 4.33. The molecule has 0 amide bonds. The van der Waals surface area contributed by atoms with Crippen LogP contribution in [0.2, 0.25) is 0 Å². The highest BCUT2D eigenvalue weighted by atomic mass is 16.5. The fourth-order valence-corrected chi connectivity index (χ4v) is 5.03. The van der Waals surface area contributed by atoms with Crippen LogP contribution in [0.1, 0.15) is 37.5 Å². The molecule has 5 heteroatoms. The predicted octanol–water partition coefficient (Wildman–Crippen LogP) is 3.33. The molecule has 2 aromatic rings. The van der Waals surface area contributed by atoms with Gasteiger partial charge in [0.25, 0.3) is 0 Å². The van der Waals surface area contributed by atoms with E-state index in [2.05, 4.69) is 32.6 Å². The highest BCUT2D eigenvalue weighted by molar-refractivity contribution is 5.11. The minimum Gasteiger partial charge on any atom is -0.472 e. The van der Waals surface area contributed by atoms with E-state index in [4.69, 9.17) is 4.74 Å². The maximum Gasteiger partial charge on any atom is 0.213 e. The van der Waals surface area contributed by atoms with Crippen molar-refractivity contribution in [2.24, 2.45) is 17.8 Å². The molecule has 2 aromatic heterocycles. The van der Waals surface area contributed by atoms with Crippen LogP contribution in [0.3, 0.4) is 0 Å². The van der Waals surface area contributed by atoms with Gasteiger partial charge in [0.15, 0.2) is 0 Å². The fourth-order valence-electron chi connectivity index (χ4n) is 5.03. The second-order valence-corrected chi connectivity index (χ2v) is 8.43. The highest BCUT2D eigenvalue weighted by Crippen LogP contribution is 2.44. The van der Waals surface area contributed by atoms with Crippen LogP contribution >= 0.6 is 0 Å². The number of rotatable bonds is 5. The lowest BCUT2D eigenvalue weighted by molar-refractivity contribution is 0.0504. The van der Waals surface area contributed by atoms with E-state index in [0.717, 1.165) is 35.9 Å². The Bertz CT molecular complexity index is 741. The number of nitrogens with zero attached hydrogens (tertiary/aromatic N) is 4.